The minimum Gasteiger partial charge on any atom is -0.480 e. The molecule has 196 valence electrons. The van der Waals surface area contributed by atoms with E-state index in [-0.39, 0.29) is 24.4 Å². The highest BCUT2D eigenvalue weighted by Crippen LogP contribution is 2.29. The number of carbonyl (C=O) groups is 4. The van der Waals surface area contributed by atoms with Gasteiger partial charge in [-0.15, -0.1) is 0 Å². The van der Waals surface area contributed by atoms with Crippen molar-refractivity contribution in [2.45, 2.75) is 69.5 Å². The Morgan fingerprint density at radius 3 is 2.68 bits per heavy atom. The zero-order valence-electron chi connectivity index (χ0n) is 20.8. The van der Waals surface area contributed by atoms with Gasteiger partial charge in [-0.25, -0.2) is 4.79 Å². The molecule has 1 aliphatic carbocycles. The number of pyridine rings is 1. The molecule has 2 fully saturated rings. The van der Waals surface area contributed by atoms with Crippen LogP contribution in [0, 0.1) is 0 Å². The molecule has 2 aromatic rings. The zero-order valence-corrected chi connectivity index (χ0v) is 20.8. The van der Waals surface area contributed by atoms with Crippen molar-refractivity contribution in [2.24, 2.45) is 0 Å². The van der Waals surface area contributed by atoms with Gasteiger partial charge in [0.05, 0.1) is 17.1 Å². The quantitative estimate of drug-likeness (QED) is 0.441. The lowest BCUT2D eigenvalue weighted by Gasteiger charge is -2.28. The second-order valence-electron chi connectivity index (χ2n) is 10.1. The first-order valence-electron chi connectivity index (χ1n) is 13.2. The molecular formula is C27H33N5O5. The molecule has 1 aromatic heterocycles. The summed E-state index contributed by atoms with van der Waals surface area (Å²) in [7, 11) is 0. The summed E-state index contributed by atoms with van der Waals surface area (Å²) in [5.41, 5.74) is 3.10. The third-order valence-corrected chi connectivity index (χ3v) is 7.67. The van der Waals surface area contributed by atoms with Gasteiger partial charge in [0.15, 0.2) is 0 Å². The number of nitrogens with one attached hydrogen (secondary N) is 3. The largest absolute Gasteiger partial charge is 0.480 e. The van der Waals surface area contributed by atoms with E-state index >= 15 is 0 Å². The first-order chi connectivity index (χ1) is 17.9. The van der Waals surface area contributed by atoms with Gasteiger partial charge in [-0.3, -0.25) is 19.4 Å². The molecule has 37 heavy (non-hydrogen) atoms. The minimum absolute atomic E-state index is 0.107. The van der Waals surface area contributed by atoms with Gasteiger partial charge < -0.3 is 26.0 Å². The summed E-state index contributed by atoms with van der Waals surface area (Å²) in [6.07, 6.45) is 6.36. The van der Waals surface area contributed by atoms with E-state index in [4.69, 9.17) is 4.98 Å². The molecule has 2 aliphatic heterocycles. The van der Waals surface area contributed by atoms with Crippen molar-refractivity contribution in [1.82, 2.24) is 25.8 Å². The van der Waals surface area contributed by atoms with E-state index in [2.05, 4.69) is 16.0 Å². The van der Waals surface area contributed by atoms with Crippen LogP contribution in [0.4, 0.5) is 0 Å². The summed E-state index contributed by atoms with van der Waals surface area (Å²) in [5.74, 6) is -2.23. The summed E-state index contributed by atoms with van der Waals surface area (Å²) in [6.45, 7) is 0.984. The molecule has 0 saturated carbocycles. The van der Waals surface area contributed by atoms with Gasteiger partial charge in [-0.2, -0.15) is 0 Å². The summed E-state index contributed by atoms with van der Waals surface area (Å²) < 4.78 is 0. The predicted molar refractivity (Wildman–Crippen MR) is 136 cm³/mol. The number of aliphatic carboxylic acids is 1. The number of carbonyl (C=O) groups excluding carboxylic acids is 3. The van der Waals surface area contributed by atoms with Crippen LogP contribution in [-0.2, 0) is 27.2 Å². The molecule has 3 atom stereocenters. The van der Waals surface area contributed by atoms with E-state index in [1.54, 1.807) is 4.90 Å². The Kier molecular flexibility index (Phi) is 7.36. The Morgan fingerprint density at radius 1 is 1.08 bits per heavy atom. The number of carboxylic acid groups (broad SMARTS) is 1. The van der Waals surface area contributed by atoms with Crippen molar-refractivity contribution >= 4 is 34.6 Å². The van der Waals surface area contributed by atoms with Crippen molar-refractivity contribution < 1.29 is 24.3 Å². The average molecular weight is 508 g/mol. The predicted octanol–water partition coefficient (Wildman–Crippen LogP) is 1.16. The van der Waals surface area contributed by atoms with Gasteiger partial charge in [0.2, 0.25) is 11.8 Å². The molecule has 1 unspecified atom stereocenters. The monoisotopic (exact) mass is 507 g/mol. The molecule has 2 saturated heterocycles. The van der Waals surface area contributed by atoms with Crippen molar-refractivity contribution in [2.75, 3.05) is 19.6 Å². The fourth-order valence-electron chi connectivity index (χ4n) is 5.78. The molecule has 1 aromatic carbocycles. The topological polar surface area (TPSA) is 141 Å². The first-order valence-corrected chi connectivity index (χ1v) is 13.2. The van der Waals surface area contributed by atoms with Crippen LogP contribution < -0.4 is 16.0 Å². The summed E-state index contributed by atoms with van der Waals surface area (Å²) in [6, 6.07) is 5.15. The molecule has 5 rings (SSSR count). The molecule has 10 nitrogen and oxygen atoms in total. The van der Waals surface area contributed by atoms with Gasteiger partial charge in [-0.1, -0.05) is 18.2 Å². The number of amides is 3. The van der Waals surface area contributed by atoms with E-state index in [0.29, 0.717) is 24.9 Å². The number of nitrogens with zero attached hydrogens (tertiary/aromatic N) is 2. The van der Waals surface area contributed by atoms with Crippen LogP contribution in [0.5, 0.6) is 0 Å². The number of rotatable bonds is 7. The van der Waals surface area contributed by atoms with E-state index < -0.39 is 24.0 Å². The number of fused-ring (bicyclic) bond motifs is 2. The maximum absolute atomic E-state index is 13.4. The number of para-hydroxylation sites is 1. The highest BCUT2D eigenvalue weighted by atomic mass is 16.4. The van der Waals surface area contributed by atoms with E-state index in [1.165, 1.54) is 0 Å². The zero-order chi connectivity index (χ0) is 25.9. The SMILES string of the molecule is O=C(NCC(NC(=O)[C@H]1CCCN1C(=O)[C@H]1CCCN1)C(=O)O)c1c2c(nc3ccccc13)CCCC2. The standard InChI is InChI=1S/C27H33N5O5/c33-24(22-12-6-14-32(22)26(35)20-11-5-13-28-20)31-21(27(36)37)15-29-25(34)23-16-7-1-3-9-18(16)30-19-10-4-2-8-17(19)23/h1,3,7,9,20-22,28H,2,4-6,8,10-15H2,(H,29,34)(H,31,33)(H,36,37)/t20-,21?,22-/m1/s1. The highest BCUT2D eigenvalue weighted by Gasteiger charge is 2.39. The van der Waals surface area contributed by atoms with Gasteiger partial charge in [0.25, 0.3) is 5.91 Å². The third kappa shape index (κ3) is 5.16. The Labute approximate surface area is 215 Å². The second-order valence-corrected chi connectivity index (χ2v) is 10.1. The minimum atomic E-state index is -1.32. The van der Waals surface area contributed by atoms with Crippen LogP contribution in [-0.4, -0.2) is 76.4 Å². The molecular weight excluding hydrogens is 474 g/mol. The lowest BCUT2D eigenvalue weighted by molar-refractivity contribution is -0.144. The maximum atomic E-state index is 13.4. The summed E-state index contributed by atoms with van der Waals surface area (Å²) in [4.78, 5) is 57.6. The molecule has 3 amide bonds. The van der Waals surface area contributed by atoms with Crippen LogP contribution in [0.3, 0.4) is 0 Å². The third-order valence-electron chi connectivity index (χ3n) is 7.67. The van der Waals surface area contributed by atoms with Gasteiger partial charge >= 0.3 is 5.97 Å². The van der Waals surface area contributed by atoms with Crippen molar-refractivity contribution in [3.63, 3.8) is 0 Å². The Hall–Kier alpha value is -3.53. The Bertz CT molecular complexity index is 1230. The van der Waals surface area contributed by atoms with Crippen molar-refractivity contribution in [3.05, 3.63) is 41.1 Å². The molecule has 0 bridgehead atoms. The number of likely N-dealkylation sites (tertiary alicyclic amines) is 1. The summed E-state index contributed by atoms with van der Waals surface area (Å²) >= 11 is 0. The lowest BCUT2D eigenvalue weighted by Crippen LogP contribution is -2.55. The molecule has 0 radical (unpaired) electrons. The van der Waals surface area contributed by atoms with Gasteiger partial charge in [-0.05, 0) is 69.5 Å². The fourth-order valence-corrected chi connectivity index (χ4v) is 5.78. The first kappa shape index (κ1) is 25.1. The second kappa shape index (κ2) is 10.8. The number of aryl methyl sites for hydroxylation is 1. The smallest absolute Gasteiger partial charge is 0.328 e. The van der Waals surface area contributed by atoms with E-state index in [0.717, 1.165) is 67.2 Å². The molecule has 4 N–H and O–H groups in total. The number of hydrogen-bond acceptors (Lipinski definition) is 6. The normalized spacial score (nSPS) is 21.9. The van der Waals surface area contributed by atoms with Crippen LogP contribution in [0.1, 0.15) is 60.1 Å². The van der Waals surface area contributed by atoms with Gasteiger partial charge in [0.1, 0.15) is 12.1 Å². The number of aromatic nitrogens is 1. The average Bonchev–Trinajstić information content (AvgIpc) is 3.61. The number of carboxylic acids is 1. The molecule has 10 heteroatoms. The van der Waals surface area contributed by atoms with Crippen LogP contribution in [0.2, 0.25) is 0 Å². The fraction of sp³-hybridized carbons (Fsp3) is 0.519. The lowest BCUT2D eigenvalue weighted by atomic mass is 9.89. The van der Waals surface area contributed by atoms with Crippen LogP contribution in [0.15, 0.2) is 24.3 Å². The highest BCUT2D eigenvalue weighted by molar-refractivity contribution is 6.08. The van der Waals surface area contributed by atoms with Gasteiger partial charge in [0, 0.05) is 24.2 Å². The van der Waals surface area contributed by atoms with E-state index in [1.807, 2.05) is 24.3 Å². The van der Waals surface area contributed by atoms with Crippen LogP contribution >= 0.6 is 0 Å². The number of benzene rings is 1. The van der Waals surface area contributed by atoms with Crippen LogP contribution in [0.25, 0.3) is 10.9 Å². The molecule has 0 spiro atoms. The molecule has 3 aliphatic rings. The van der Waals surface area contributed by atoms with E-state index in [9.17, 15) is 24.3 Å². The van der Waals surface area contributed by atoms with Crippen molar-refractivity contribution in [1.29, 1.82) is 0 Å². The summed E-state index contributed by atoms with van der Waals surface area (Å²) in [5, 5.41) is 19.0. The molecule has 3 heterocycles. The Balaban J connectivity index is 1.28. The Morgan fingerprint density at radius 2 is 1.89 bits per heavy atom. The number of hydrogen-bond donors (Lipinski definition) is 4. The maximum Gasteiger partial charge on any atom is 0.328 e. The van der Waals surface area contributed by atoms with Crippen molar-refractivity contribution in [3.8, 4) is 0 Å².